The average molecular weight is 356 g/mol. The van der Waals surface area contributed by atoms with Crippen molar-refractivity contribution in [1.29, 1.82) is 0 Å². The van der Waals surface area contributed by atoms with Crippen molar-refractivity contribution >= 4 is 15.7 Å². The van der Waals surface area contributed by atoms with E-state index in [1.165, 1.54) is 0 Å². The summed E-state index contributed by atoms with van der Waals surface area (Å²) in [6.45, 7) is 2.75. The van der Waals surface area contributed by atoms with Crippen LogP contribution in [0, 0.1) is 5.92 Å². The van der Waals surface area contributed by atoms with Gasteiger partial charge in [-0.1, -0.05) is 0 Å². The summed E-state index contributed by atoms with van der Waals surface area (Å²) >= 11 is 0. The van der Waals surface area contributed by atoms with Crippen LogP contribution in [0.25, 0.3) is 0 Å². The van der Waals surface area contributed by atoms with Crippen molar-refractivity contribution in [2.45, 2.75) is 25.1 Å². The zero-order valence-electron chi connectivity index (χ0n) is 14.1. The Bertz CT molecular complexity index is 673. The van der Waals surface area contributed by atoms with Gasteiger partial charge in [0.05, 0.1) is 25.0 Å². The third-order valence-electron chi connectivity index (χ3n) is 4.91. The number of fused-ring (bicyclic) bond motifs is 1. The molecule has 0 aliphatic carbocycles. The zero-order chi connectivity index (χ0) is 17.3. The quantitative estimate of drug-likeness (QED) is 0.758. The Morgan fingerprint density at radius 1 is 1.42 bits per heavy atom. The number of carbonyl (C=O) groups excluding carboxylic acids is 1. The fourth-order valence-corrected chi connectivity index (χ4v) is 4.51. The number of ether oxygens (including phenoxy) is 1. The van der Waals surface area contributed by atoms with Crippen molar-refractivity contribution < 1.29 is 22.4 Å². The lowest BCUT2D eigenvalue weighted by molar-refractivity contribution is -0.135. The van der Waals surface area contributed by atoms with Crippen LogP contribution in [0.2, 0.25) is 0 Å². The molecule has 3 heterocycles. The molecule has 1 aromatic rings. The van der Waals surface area contributed by atoms with Crippen LogP contribution in [0.15, 0.2) is 22.8 Å². The summed E-state index contributed by atoms with van der Waals surface area (Å²) in [6.07, 6.45) is 3.58. The predicted molar refractivity (Wildman–Crippen MR) is 88.1 cm³/mol. The number of nitrogens with zero attached hydrogens (tertiary/aromatic N) is 2. The standard InChI is InChI=1S/C16H24N2O5S/c1-22-15-5-6-18(16(19)11-24(2,20)21)14-10-17(9-13(14)15)8-12-4-3-7-23-12/h3-4,7,13-15H,5-6,8-11H2,1-2H3/t13-,14+,15+/m0/s1. The van der Waals surface area contributed by atoms with Crippen molar-refractivity contribution in [3.05, 3.63) is 24.2 Å². The second-order valence-electron chi connectivity index (χ2n) is 6.72. The Hall–Kier alpha value is -1.38. The highest BCUT2D eigenvalue weighted by Gasteiger charge is 2.46. The summed E-state index contributed by atoms with van der Waals surface area (Å²) in [4.78, 5) is 16.4. The van der Waals surface area contributed by atoms with E-state index < -0.39 is 15.6 Å². The molecule has 7 nitrogen and oxygen atoms in total. The van der Waals surface area contributed by atoms with Gasteiger partial charge in [0.25, 0.3) is 0 Å². The Balaban J connectivity index is 1.73. The molecule has 0 saturated carbocycles. The summed E-state index contributed by atoms with van der Waals surface area (Å²) in [7, 11) is -1.63. The van der Waals surface area contributed by atoms with E-state index in [1.807, 2.05) is 12.1 Å². The number of piperidine rings is 1. The van der Waals surface area contributed by atoms with E-state index in [-0.39, 0.29) is 24.0 Å². The molecule has 24 heavy (non-hydrogen) atoms. The van der Waals surface area contributed by atoms with Gasteiger partial charge in [0.15, 0.2) is 9.84 Å². The van der Waals surface area contributed by atoms with Gasteiger partial charge < -0.3 is 14.1 Å². The summed E-state index contributed by atoms with van der Waals surface area (Å²) in [5, 5.41) is 0. The van der Waals surface area contributed by atoms with Gasteiger partial charge in [0.1, 0.15) is 11.5 Å². The summed E-state index contributed by atoms with van der Waals surface area (Å²) in [5.74, 6) is 0.354. The van der Waals surface area contributed by atoms with E-state index in [9.17, 15) is 13.2 Å². The maximum atomic E-state index is 12.4. The molecular weight excluding hydrogens is 332 g/mol. The minimum absolute atomic E-state index is 0.00656. The van der Waals surface area contributed by atoms with Crippen LogP contribution in [-0.4, -0.2) is 75.0 Å². The monoisotopic (exact) mass is 356 g/mol. The number of carbonyl (C=O) groups is 1. The normalized spacial score (nSPS) is 28.1. The molecule has 0 aromatic carbocycles. The Morgan fingerprint density at radius 2 is 2.21 bits per heavy atom. The molecule has 3 rings (SSSR count). The first-order valence-electron chi connectivity index (χ1n) is 8.12. The minimum Gasteiger partial charge on any atom is -0.468 e. The average Bonchev–Trinajstić information content (AvgIpc) is 3.13. The summed E-state index contributed by atoms with van der Waals surface area (Å²) < 4.78 is 34.0. The number of sulfone groups is 1. The highest BCUT2D eigenvalue weighted by molar-refractivity contribution is 7.91. The SMILES string of the molecule is CO[C@@H]1CCN(C(=O)CS(C)(=O)=O)[C@@H]2CN(Cc3ccco3)C[C@@H]21. The number of hydrogen-bond donors (Lipinski definition) is 0. The Labute approximate surface area is 142 Å². The molecule has 2 fully saturated rings. The number of methoxy groups -OCH3 is 1. The van der Waals surface area contributed by atoms with Gasteiger partial charge in [0, 0.05) is 38.9 Å². The number of amides is 1. The second-order valence-corrected chi connectivity index (χ2v) is 8.86. The maximum absolute atomic E-state index is 12.4. The smallest absolute Gasteiger partial charge is 0.238 e. The molecule has 2 aliphatic rings. The van der Waals surface area contributed by atoms with Gasteiger partial charge in [-0.3, -0.25) is 9.69 Å². The predicted octanol–water partition coefficient (Wildman–Crippen LogP) is 0.372. The highest BCUT2D eigenvalue weighted by Crippen LogP contribution is 2.33. The van der Waals surface area contributed by atoms with Crippen molar-refractivity contribution in [2.75, 3.05) is 38.8 Å². The molecule has 1 aromatic heterocycles. The molecule has 8 heteroatoms. The van der Waals surface area contributed by atoms with Crippen molar-refractivity contribution in [3.8, 4) is 0 Å². The highest BCUT2D eigenvalue weighted by atomic mass is 32.2. The maximum Gasteiger partial charge on any atom is 0.238 e. The Morgan fingerprint density at radius 3 is 2.83 bits per heavy atom. The van der Waals surface area contributed by atoms with Gasteiger partial charge in [-0.2, -0.15) is 0 Å². The lowest BCUT2D eigenvalue weighted by Crippen LogP contribution is -2.54. The van der Waals surface area contributed by atoms with Crippen molar-refractivity contribution in [2.24, 2.45) is 5.92 Å². The van der Waals surface area contributed by atoms with E-state index in [2.05, 4.69) is 4.90 Å². The van der Waals surface area contributed by atoms with Crippen LogP contribution >= 0.6 is 0 Å². The fraction of sp³-hybridized carbons (Fsp3) is 0.688. The van der Waals surface area contributed by atoms with E-state index in [1.54, 1.807) is 18.3 Å². The van der Waals surface area contributed by atoms with E-state index in [0.29, 0.717) is 19.6 Å². The molecule has 1 amide bonds. The molecule has 0 bridgehead atoms. The van der Waals surface area contributed by atoms with Gasteiger partial charge in [-0.05, 0) is 18.6 Å². The van der Waals surface area contributed by atoms with Gasteiger partial charge in [0.2, 0.25) is 5.91 Å². The fourth-order valence-electron chi connectivity index (χ4n) is 3.90. The van der Waals surface area contributed by atoms with Crippen LogP contribution in [0.5, 0.6) is 0 Å². The third kappa shape index (κ3) is 3.81. The number of rotatable bonds is 5. The minimum atomic E-state index is -3.33. The lowest BCUT2D eigenvalue weighted by Gasteiger charge is -2.41. The van der Waals surface area contributed by atoms with Gasteiger partial charge in [-0.25, -0.2) is 8.42 Å². The second kappa shape index (κ2) is 6.85. The van der Waals surface area contributed by atoms with Crippen molar-refractivity contribution in [3.63, 3.8) is 0 Å². The summed E-state index contributed by atoms with van der Waals surface area (Å²) in [6, 6.07) is 3.79. The van der Waals surface area contributed by atoms with Crippen LogP contribution in [0.3, 0.4) is 0 Å². The number of likely N-dealkylation sites (tertiary alicyclic amines) is 2. The number of hydrogen-bond acceptors (Lipinski definition) is 6. The molecule has 2 aliphatic heterocycles. The van der Waals surface area contributed by atoms with Crippen molar-refractivity contribution in [1.82, 2.24) is 9.80 Å². The molecule has 0 spiro atoms. The van der Waals surface area contributed by atoms with E-state index in [0.717, 1.165) is 25.0 Å². The molecule has 134 valence electrons. The van der Waals surface area contributed by atoms with Crippen LogP contribution < -0.4 is 0 Å². The molecule has 0 N–H and O–H groups in total. The van der Waals surface area contributed by atoms with Gasteiger partial charge in [-0.15, -0.1) is 0 Å². The molecule has 3 atom stereocenters. The van der Waals surface area contributed by atoms with Crippen LogP contribution in [0.4, 0.5) is 0 Å². The zero-order valence-corrected chi connectivity index (χ0v) is 14.9. The molecule has 2 saturated heterocycles. The largest absolute Gasteiger partial charge is 0.468 e. The van der Waals surface area contributed by atoms with Crippen LogP contribution in [0.1, 0.15) is 12.2 Å². The van der Waals surface area contributed by atoms with Crippen LogP contribution in [-0.2, 0) is 25.9 Å². The lowest BCUT2D eigenvalue weighted by atomic mass is 9.89. The molecule has 0 unspecified atom stereocenters. The van der Waals surface area contributed by atoms with E-state index in [4.69, 9.17) is 9.15 Å². The number of furan rings is 1. The first-order chi connectivity index (χ1) is 11.4. The topological polar surface area (TPSA) is 80.1 Å². The third-order valence-corrected chi connectivity index (χ3v) is 5.68. The summed E-state index contributed by atoms with van der Waals surface area (Å²) in [5.41, 5.74) is 0. The Kier molecular flexibility index (Phi) is 4.98. The van der Waals surface area contributed by atoms with E-state index >= 15 is 0 Å². The molecule has 0 radical (unpaired) electrons. The molecular formula is C16H24N2O5S. The first kappa shape index (κ1) is 17.4. The first-order valence-corrected chi connectivity index (χ1v) is 10.2. The van der Waals surface area contributed by atoms with Gasteiger partial charge >= 0.3 is 0 Å².